The fourth-order valence-electron chi connectivity index (χ4n) is 0.722. The number of aliphatic hydroxyl groups is 3. The molecule has 0 heterocycles. The van der Waals surface area contributed by atoms with Crippen molar-refractivity contribution in [2.75, 3.05) is 6.61 Å². The molecule has 17 heavy (non-hydrogen) atoms. The number of hydrogen-bond donors (Lipinski definition) is 3. The SMILES string of the molecule is C=CC(=O)OOC(=O)/C(C)=C/C(O)C(O)CO. The molecule has 0 saturated carbocycles. The first-order valence-corrected chi connectivity index (χ1v) is 4.63. The van der Waals surface area contributed by atoms with Crippen LogP contribution >= 0.6 is 0 Å². The second kappa shape index (κ2) is 7.55. The Balaban J connectivity index is 4.33. The average molecular weight is 246 g/mol. The van der Waals surface area contributed by atoms with Crippen LogP contribution in [0.15, 0.2) is 24.3 Å². The van der Waals surface area contributed by atoms with Gasteiger partial charge in [0.25, 0.3) is 0 Å². The summed E-state index contributed by atoms with van der Waals surface area (Å²) in [6, 6.07) is 0. The summed E-state index contributed by atoms with van der Waals surface area (Å²) in [5.74, 6) is -1.95. The second-order valence-corrected chi connectivity index (χ2v) is 3.07. The number of carbonyl (C=O) groups excluding carboxylic acids is 2. The summed E-state index contributed by atoms with van der Waals surface area (Å²) in [5.41, 5.74) is -0.0955. The van der Waals surface area contributed by atoms with E-state index < -0.39 is 30.8 Å². The highest BCUT2D eigenvalue weighted by molar-refractivity contribution is 5.88. The van der Waals surface area contributed by atoms with E-state index >= 15 is 0 Å². The molecular weight excluding hydrogens is 232 g/mol. The van der Waals surface area contributed by atoms with Gasteiger partial charge in [0.1, 0.15) is 12.2 Å². The minimum Gasteiger partial charge on any atom is -0.394 e. The summed E-state index contributed by atoms with van der Waals surface area (Å²) in [7, 11) is 0. The summed E-state index contributed by atoms with van der Waals surface area (Å²) in [6.45, 7) is 3.70. The van der Waals surface area contributed by atoms with Crippen molar-refractivity contribution in [3.8, 4) is 0 Å². The highest BCUT2D eigenvalue weighted by Crippen LogP contribution is 2.03. The monoisotopic (exact) mass is 246 g/mol. The van der Waals surface area contributed by atoms with E-state index in [1.807, 2.05) is 0 Å². The van der Waals surface area contributed by atoms with E-state index in [9.17, 15) is 14.7 Å². The first kappa shape index (κ1) is 15.3. The van der Waals surface area contributed by atoms with Crippen LogP contribution in [0.25, 0.3) is 0 Å². The zero-order valence-corrected chi connectivity index (χ0v) is 9.20. The Morgan fingerprint density at radius 3 is 2.41 bits per heavy atom. The van der Waals surface area contributed by atoms with Gasteiger partial charge in [-0.3, -0.25) is 0 Å². The van der Waals surface area contributed by atoms with Gasteiger partial charge in [0.05, 0.1) is 6.61 Å². The molecule has 0 aromatic rings. The predicted octanol–water partition coefficient (Wildman–Crippen LogP) is -1.17. The number of aliphatic hydroxyl groups excluding tert-OH is 3. The van der Waals surface area contributed by atoms with Gasteiger partial charge in [-0.05, 0) is 13.0 Å². The first-order chi connectivity index (χ1) is 7.92. The lowest BCUT2D eigenvalue weighted by atomic mass is 10.1. The maximum absolute atomic E-state index is 11.2. The van der Waals surface area contributed by atoms with E-state index in [0.29, 0.717) is 0 Å². The normalized spacial score (nSPS) is 14.7. The summed E-state index contributed by atoms with van der Waals surface area (Å²) >= 11 is 0. The molecule has 0 rings (SSSR count). The van der Waals surface area contributed by atoms with E-state index in [4.69, 9.17) is 10.2 Å². The quantitative estimate of drug-likeness (QED) is 0.318. The van der Waals surface area contributed by atoms with E-state index in [0.717, 1.165) is 12.2 Å². The Morgan fingerprint density at radius 1 is 1.35 bits per heavy atom. The van der Waals surface area contributed by atoms with Gasteiger partial charge in [0, 0.05) is 11.6 Å². The van der Waals surface area contributed by atoms with E-state index in [1.165, 1.54) is 6.92 Å². The lowest BCUT2D eigenvalue weighted by Gasteiger charge is -2.11. The number of hydrogen-bond acceptors (Lipinski definition) is 7. The third-order valence-electron chi connectivity index (χ3n) is 1.69. The number of rotatable bonds is 5. The van der Waals surface area contributed by atoms with Crippen LogP contribution in [0, 0.1) is 0 Å². The molecular formula is C10H14O7. The molecule has 7 nitrogen and oxygen atoms in total. The van der Waals surface area contributed by atoms with Crippen molar-refractivity contribution in [2.45, 2.75) is 19.1 Å². The van der Waals surface area contributed by atoms with Crippen molar-refractivity contribution in [1.82, 2.24) is 0 Å². The molecule has 0 amide bonds. The predicted molar refractivity (Wildman–Crippen MR) is 55.2 cm³/mol. The topological polar surface area (TPSA) is 113 Å². The summed E-state index contributed by atoms with van der Waals surface area (Å²) < 4.78 is 0. The second-order valence-electron chi connectivity index (χ2n) is 3.07. The van der Waals surface area contributed by atoms with E-state index in [1.54, 1.807) is 0 Å². The minimum atomic E-state index is -1.43. The van der Waals surface area contributed by atoms with Crippen LogP contribution < -0.4 is 0 Å². The largest absolute Gasteiger partial charge is 0.394 e. The highest BCUT2D eigenvalue weighted by Gasteiger charge is 2.16. The molecule has 0 aliphatic heterocycles. The van der Waals surface area contributed by atoms with Gasteiger partial charge in [-0.25, -0.2) is 19.4 Å². The first-order valence-electron chi connectivity index (χ1n) is 4.63. The Morgan fingerprint density at radius 2 is 1.94 bits per heavy atom. The van der Waals surface area contributed by atoms with Crippen LogP contribution in [0.4, 0.5) is 0 Å². The van der Waals surface area contributed by atoms with E-state index in [2.05, 4.69) is 16.4 Å². The fraction of sp³-hybridized carbons (Fsp3) is 0.400. The summed E-state index contributed by atoms with van der Waals surface area (Å²) in [6.07, 6.45) is -1.07. The molecule has 0 aromatic carbocycles. The molecule has 0 bridgehead atoms. The van der Waals surface area contributed by atoms with Crippen LogP contribution in [-0.4, -0.2) is 46.1 Å². The maximum atomic E-state index is 11.2. The average Bonchev–Trinajstić information content (AvgIpc) is 2.33. The van der Waals surface area contributed by atoms with Crippen LogP contribution in [0.2, 0.25) is 0 Å². The van der Waals surface area contributed by atoms with Crippen molar-refractivity contribution >= 4 is 11.9 Å². The lowest BCUT2D eigenvalue weighted by Crippen LogP contribution is -2.28. The maximum Gasteiger partial charge on any atom is 0.381 e. The third-order valence-corrected chi connectivity index (χ3v) is 1.69. The molecule has 0 radical (unpaired) electrons. The smallest absolute Gasteiger partial charge is 0.381 e. The van der Waals surface area contributed by atoms with Crippen molar-refractivity contribution in [1.29, 1.82) is 0 Å². The van der Waals surface area contributed by atoms with Gasteiger partial charge >= 0.3 is 11.9 Å². The molecule has 3 N–H and O–H groups in total. The fourth-order valence-corrected chi connectivity index (χ4v) is 0.722. The molecule has 0 aliphatic rings. The van der Waals surface area contributed by atoms with Crippen LogP contribution in [-0.2, 0) is 19.4 Å². The molecule has 0 spiro atoms. The molecule has 2 unspecified atom stereocenters. The van der Waals surface area contributed by atoms with Gasteiger partial charge in [-0.15, -0.1) is 0 Å². The molecule has 0 aliphatic carbocycles. The van der Waals surface area contributed by atoms with Crippen molar-refractivity contribution in [3.05, 3.63) is 24.3 Å². The van der Waals surface area contributed by atoms with Gasteiger partial charge in [0.2, 0.25) is 0 Å². The van der Waals surface area contributed by atoms with Gasteiger partial charge in [0.15, 0.2) is 0 Å². The summed E-state index contributed by atoms with van der Waals surface area (Å²) in [4.78, 5) is 29.8. The molecule has 7 heteroatoms. The Labute approximate surface area is 97.5 Å². The third kappa shape index (κ3) is 5.81. The van der Waals surface area contributed by atoms with Crippen molar-refractivity contribution in [3.63, 3.8) is 0 Å². The van der Waals surface area contributed by atoms with Gasteiger partial charge in [-0.1, -0.05) is 6.58 Å². The molecule has 0 saturated heterocycles. The van der Waals surface area contributed by atoms with Crippen LogP contribution in [0.5, 0.6) is 0 Å². The molecule has 0 fully saturated rings. The van der Waals surface area contributed by atoms with E-state index in [-0.39, 0.29) is 5.57 Å². The van der Waals surface area contributed by atoms with Crippen molar-refractivity contribution < 1.29 is 34.7 Å². The Kier molecular flexibility index (Phi) is 6.80. The van der Waals surface area contributed by atoms with Crippen LogP contribution in [0.1, 0.15) is 6.92 Å². The lowest BCUT2D eigenvalue weighted by molar-refractivity contribution is -0.251. The van der Waals surface area contributed by atoms with Gasteiger partial charge < -0.3 is 15.3 Å². The molecule has 0 aromatic heterocycles. The highest BCUT2D eigenvalue weighted by atomic mass is 17.2. The summed E-state index contributed by atoms with van der Waals surface area (Å²) in [5, 5.41) is 26.8. The van der Waals surface area contributed by atoms with Crippen LogP contribution in [0.3, 0.4) is 0 Å². The Hall–Kier alpha value is -1.70. The zero-order valence-electron chi connectivity index (χ0n) is 9.20. The number of carbonyl (C=O) groups is 2. The van der Waals surface area contributed by atoms with Crippen molar-refractivity contribution in [2.24, 2.45) is 0 Å². The molecule has 96 valence electrons. The standard InChI is InChI=1S/C10H14O7/c1-3-9(14)16-17-10(15)6(2)4-7(12)8(13)5-11/h3-4,7-8,11-13H,1,5H2,2H3/b6-4+. The Bertz CT molecular complexity index is 321. The zero-order chi connectivity index (χ0) is 13.4. The minimum absolute atomic E-state index is 0.0955. The molecule has 2 atom stereocenters. The van der Waals surface area contributed by atoms with Gasteiger partial charge in [-0.2, -0.15) is 0 Å².